The number of rotatable bonds is 5. The molecule has 0 amide bonds. The lowest BCUT2D eigenvalue weighted by Crippen LogP contribution is -2.25. The number of Topliss-reactive ketones (excluding diaryl/α,β-unsaturated/α-hetero) is 1. The SMILES string of the molecule is CCC1CCC(C2CCC(c3ccc(C(=O)C(C)(F)F)cc3)CC2)CC1. The number of hydrogen-bond acceptors (Lipinski definition) is 1. The molecule has 144 valence electrons. The van der Waals surface area contributed by atoms with Crippen LogP contribution in [0.1, 0.15) is 93.5 Å². The van der Waals surface area contributed by atoms with Crippen LogP contribution in [0.15, 0.2) is 24.3 Å². The van der Waals surface area contributed by atoms with Gasteiger partial charge >= 0.3 is 5.92 Å². The molecule has 0 bridgehead atoms. The van der Waals surface area contributed by atoms with Crippen LogP contribution in [0, 0.1) is 17.8 Å². The Kier molecular flexibility index (Phi) is 6.14. The molecule has 1 nitrogen and oxygen atoms in total. The van der Waals surface area contributed by atoms with Crippen molar-refractivity contribution in [3.63, 3.8) is 0 Å². The second kappa shape index (κ2) is 8.19. The summed E-state index contributed by atoms with van der Waals surface area (Å²) in [6, 6.07) is 6.92. The molecule has 0 aliphatic heterocycles. The van der Waals surface area contributed by atoms with Crippen molar-refractivity contribution in [2.24, 2.45) is 17.8 Å². The molecule has 2 aliphatic rings. The Labute approximate surface area is 156 Å². The van der Waals surface area contributed by atoms with Crippen LogP contribution in [-0.2, 0) is 0 Å². The molecule has 0 atom stereocenters. The Morgan fingerprint density at radius 3 is 1.88 bits per heavy atom. The number of carbonyl (C=O) groups excluding carboxylic acids is 1. The lowest BCUT2D eigenvalue weighted by molar-refractivity contribution is 0.0221. The highest BCUT2D eigenvalue weighted by Gasteiger charge is 2.34. The second-order valence-corrected chi connectivity index (χ2v) is 8.64. The fourth-order valence-corrected chi connectivity index (χ4v) is 5.15. The number of alkyl halides is 2. The highest BCUT2D eigenvalue weighted by atomic mass is 19.3. The van der Waals surface area contributed by atoms with Gasteiger partial charge in [-0.25, -0.2) is 0 Å². The quantitative estimate of drug-likeness (QED) is 0.515. The Bertz CT molecular complexity index is 586. The molecule has 0 saturated heterocycles. The molecule has 0 radical (unpaired) electrons. The van der Waals surface area contributed by atoms with E-state index >= 15 is 0 Å². The Hall–Kier alpha value is -1.25. The van der Waals surface area contributed by atoms with Gasteiger partial charge in [0.2, 0.25) is 5.78 Å². The van der Waals surface area contributed by atoms with Crippen LogP contribution in [0.2, 0.25) is 0 Å². The third kappa shape index (κ3) is 4.53. The van der Waals surface area contributed by atoms with Gasteiger partial charge in [-0.05, 0) is 67.8 Å². The summed E-state index contributed by atoms with van der Waals surface area (Å²) in [5.41, 5.74) is 1.32. The molecule has 0 unspecified atom stereocenters. The van der Waals surface area contributed by atoms with Crippen molar-refractivity contribution >= 4 is 5.78 Å². The zero-order valence-electron chi connectivity index (χ0n) is 16.1. The molecular weight excluding hydrogens is 330 g/mol. The molecule has 2 fully saturated rings. The van der Waals surface area contributed by atoms with Gasteiger partial charge in [0.05, 0.1) is 0 Å². The van der Waals surface area contributed by atoms with E-state index in [1.165, 1.54) is 63.4 Å². The van der Waals surface area contributed by atoms with Crippen molar-refractivity contribution in [1.29, 1.82) is 0 Å². The van der Waals surface area contributed by atoms with Crippen molar-refractivity contribution in [3.8, 4) is 0 Å². The van der Waals surface area contributed by atoms with Crippen LogP contribution in [0.4, 0.5) is 8.78 Å². The second-order valence-electron chi connectivity index (χ2n) is 8.64. The van der Waals surface area contributed by atoms with E-state index in [0.717, 1.165) is 17.8 Å². The zero-order valence-corrected chi connectivity index (χ0v) is 16.1. The minimum Gasteiger partial charge on any atom is -0.287 e. The molecule has 1 aromatic carbocycles. The highest BCUT2D eigenvalue weighted by Crippen LogP contribution is 2.44. The molecule has 0 N–H and O–H groups in total. The molecule has 0 aromatic heterocycles. The van der Waals surface area contributed by atoms with Gasteiger partial charge in [-0.15, -0.1) is 0 Å². The van der Waals surface area contributed by atoms with Gasteiger partial charge in [0.1, 0.15) is 0 Å². The van der Waals surface area contributed by atoms with Crippen molar-refractivity contribution in [1.82, 2.24) is 0 Å². The minimum absolute atomic E-state index is 0.114. The third-order valence-corrected chi connectivity index (χ3v) is 6.95. The minimum atomic E-state index is -3.30. The van der Waals surface area contributed by atoms with Crippen molar-refractivity contribution in [2.75, 3.05) is 0 Å². The van der Waals surface area contributed by atoms with Gasteiger partial charge in [-0.3, -0.25) is 4.79 Å². The Morgan fingerprint density at radius 2 is 1.42 bits per heavy atom. The van der Waals surface area contributed by atoms with E-state index in [9.17, 15) is 13.6 Å². The molecule has 3 heteroatoms. The van der Waals surface area contributed by atoms with E-state index in [-0.39, 0.29) is 5.56 Å². The number of halogens is 2. The summed E-state index contributed by atoms with van der Waals surface area (Å²) in [6.07, 6.45) is 12.0. The van der Waals surface area contributed by atoms with E-state index in [0.29, 0.717) is 12.8 Å². The predicted molar refractivity (Wildman–Crippen MR) is 102 cm³/mol. The lowest BCUT2D eigenvalue weighted by atomic mass is 9.68. The summed E-state index contributed by atoms with van der Waals surface area (Å²) < 4.78 is 26.3. The van der Waals surface area contributed by atoms with E-state index in [4.69, 9.17) is 0 Å². The molecule has 1 aromatic rings. The smallest absolute Gasteiger partial charge is 0.287 e. The van der Waals surface area contributed by atoms with Crippen LogP contribution in [-0.4, -0.2) is 11.7 Å². The van der Waals surface area contributed by atoms with Gasteiger partial charge in [-0.2, -0.15) is 8.78 Å². The summed E-state index contributed by atoms with van der Waals surface area (Å²) in [5, 5.41) is 0. The first kappa shape index (κ1) is 19.5. The molecule has 3 rings (SSSR count). The maximum Gasteiger partial charge on any atom is 0.307 e. The summed E-state index contributed by atoms with van der Waals surface area (Å²) >= 11 is 0. The first-order chi connectivity index (χ1) is 12.4. The number of carbonyl (C=O) groups is 1. The third-order valence-electron chi connectivity index (χ3n) is 6.95. The molecule has 0 heterocycles. The van der Waals surface area contributed by atoms with Crippen molar-refractivity contribution < 1.29 is 13.6 Å². The Morgan fingerprint density at radius 1 is 0.923 bits per heavy atom. The average molecular weight is 363 g/mol. The zero-order chi connectivity index (χ0) is 18.7. The lowest BCUT2D eigenvalue weighted by Gasteiger charge is -2.38. The van der Waals surface area contributed by atoms with Crippen LogP contribution in [0.5, 0.6) is 0 Å². The number of benzene rings is 1. The van der Waals surface area contributed by atoms with Crippen LogP contribution >= 0.6 is 0 Å². The first-order valence-electron chi connectivity index (χ1n) is 10.4. The van der Waals surface area contributed by atoms with Gasteiger partial charge in [0, 0.05) is 12.5 Å². The maximum absolute atomic E-state index is 13.2. The van der Waals surface area contributed by atoms with Crippen LogP contribution in [0.25, 0.3) is 0 Å². The van der Waals surface area contributed by atoms with E-state index in [2.05, 4.69) is 6.92 Å². The summed E-state index contributed by atoms with van der Waals surface area (Å²) in [4.78, 5) is 11.7. The predicted octanol–water partition coefficient (Wildman–Crippen LogP) is 7.01. The standard InChI is InChI=1S/C23H32F2O/c1-3-16-4-6-17(7-5-16)18-8-10-19(11-9-18)20-12-14-21(15-13-20)22(26)23(2,24)25/h12-19H,3-11H2,1-2H3. The molecule has 2 aliphatic carbocycles. The largest absolute Gasteiger partial charge is 0.307 e. The van der Waals surface area contributed by atoms with E-state index < -0.39 is 11.7 Å². The highest BCUT2D eigenvalue weighted by molar-refractivity contribution is 6.01. The normalized spacial score (nSPS) is 30.2. The van der Waals surface area contributed by atoms with Gasteiger partial charge in [0.25, 0.3) is 0 Å². The monoisotopic (exact) mass is 362 g/mol. The van der Waals surface area contributed by atoms with E-state index in [1.54, 1.807) is 12.1 Å². The number of hydrogen-bond donors (Lipinski definition) is 0. The molecular formula is C23H32F2O. The van der Waals surface area contributed by atoms with Crippen LogP contribution < -0.4 is 0 Å². The maximum atomic E-state index is 13.2. The molecule has 0 spiro atoms. The summed E-state index contributed by atoms with van der Waals surface area (Å²) in [7, 11) is 0. The van der Waals surface area contributed by atoms with E-state index in [1.807, 2.05) is 12.1 Å². The average Bonchev–Trinajstić information content (AvgIpc) is 2.67. The van der Waals surface area contributed by atoms with Crippen molar-refractivity contribution in [2.45, 2.75) is 83.5 Å². The topological polar surface area (TPSA) is 17.1 Å². The van der Waals surface area contributed by atoms with Gasteiger partial charge < -0.3 is 0 Å². The fraction of sp³-hybridized carbons (Fsp3) is 0.696. The summed E-state index contributed by atoms with van der Waals surface area (Å²) in [5.74, 6) is -1.11. The number of ketones is 1. The summed E-state index contributed by atoms with van der Waals surface area (Å²) in [6.45, 7) is 2.98. The van der Waals surface area contributed by atoms with Crippen LogP contribution in [0.3, 0.4) is 0 Å². The van der Waals surface area contributed by atoms with Gasteiger partial charge in [0.15, 0.2) is 0 Å². The Balaban J connectivity index is 1.53. The molecule has 2 saturated carbocycles. The van der Waals surface area contributed by atoms with Gasteiger partial charge in [-0.1, -0.05) is 50.5 Å². The molecule has 26 heavy (non-hydrogen) atoms. The fourth-order valence-electron chi connectivity index (χ4n) is 5.15. The van der Waals surface area contributed by atoms with Crippen molar-refractivity contribution in [3.05, 3.63) is 35.4 Å². The first-order valence-corrected chi connectivity index (χ1v) is 10.4.